The number of carbonyl (C=O) groups is 1. The predicted molar refractivity (Wildman–Crippen MR) is 53.5 cm³/mol. The van der Waals surface area contributed by atoms with Gasteiger partial charge in [0.2, 0.25) is 0 Å². The van der Waals surface area contributed by atoms with Gasteiger partial charge < -0.3 is 4.79 Å². The first-order chi connectivity index (χ1) is 5.98. The average molecular weight is 206 g/mol. The molecule has 0 atom stereocenters. The maximum absolute atomic E-state index is 11.2. The van der Waals surface area contributed by atoms with Crippen LogP contribution >= 0.6 is 0 Å². The topological polar surface area (TPSA) is 51.2 Å². The Bertz CT molecular complexity index is 242. The number of Topliss-reactive ketones (excluding diaryl/α,β-unsaturated/α-hetero) is 1. The SMILES string of the molecule is CCCS(=O)(=O)CCCCC(C)=O. The Morgan fingerprint density at radius 1 is 1.15 bits per heavy atom. The van der Waals surface area contributed by atoms with Crippen LogP contribution in [0.15, 0.2) is 0 Å². The van der Waals surface area contributed by atoms with E-state index in [0.717, 1.165) is 0 Å². The van der Waals surface area contributed by atoms with Gasteiger partial charge >= 0.3 is 0 Å². The summed E-state index contributed by atoms with van der Waals surface area (Å²) in [5.41, 5.74) is 0. The molecule has 0 N–H and O–H groups in total. The molecule has 0 aliphatic heterocycles. The van der Waals surface area contributed by atoms with E-state index in [4.69, 9.17) is 0 Å². The van der Waals surface area contributed by atoms with E-state index < -0.39 is 9.84 Å². The molecule has 0 rings (SSSR count). The zero-order chi connectivity index (χ0) is 10.3. The fourth-order valence-corrected chi connectivity index (χ4v) is 2.58. The zero-order valence-corrected chi connectivity index (χ0v) is 9.19. The molecule has 0 aromatic carbocycles. The molecule has 0 bridgehead atoms. The first-order valence-electron chi connectivity index (χ1n) is 4.68. The number of rotatable bonds is 7. The van der Waals surface area contributed by atoms with Crippen LogP contribution in [-0.2, 0) is 14.6 Å². The minimum absolute atomic E-state index is 0.132. The summed E-state index contributed by atoms with van der Waals surface area (Å²) >= 11 is 0. The molecule has 0 aromatic rings. The Balaban J connectivity index is 3.58. The van der Waals surface area contributed by atoms with E-state index in [1.807, 2.05) is 6.92 Å². The number of unbranched alkanes of at least 4 members (excludes halogenated alkanes) is 1. The van der Waals surface area contributed by atoms with Crippen LogP contribution in [0.5, 0.6) is 0 Å². The highest BCUT2D eigenvalue weighted by atomic mass is 32.2. The lowest BCUT2D eigenvalue weighted by atomic mass is 10.2. The molecular formula is C9H18O3S. The van der Waals surface area contributed by atoms with Crippen molar-refractivity contribution in [2.75, 3.05) is 11.5 Å². The lowest BCUT2D eigenvalue weighted by Gasteiger charge is -2.01. The number of carbonyl (C=O) groups excluding carboxylic acids is 1. The zero-order valence-electron chi connectivity index (χ0n) is 8.38. The Morgan fingerprint density at radius 2 is 1.77 bits per heavy atom. The largest absolute Gasteiger partial charge is 0.300 e. The Kier molecular flexibility index (Phi) is 5.95. The van der Waals surface area contributed by atoms with Crippen LogP contribution in [0, 0.1) is 0 Å². The van der Waals surface area contributed by atoms with Gasteiger partial charge in [0.25, 0.3) is 0 Å². The summed E-state index contributed by atoms with van der Waals surface area (Å²) < 4.78 is 22.4. The highest BCUT2D eigenvalue weighted by molar-refractivity contribution is 7.91. The Labute approximate surface area is 80.4 Å². The van der Waals surface area contributed by atoms with Gasteiger partial charge in [-0.05, 0) is 26.2 Å². The molecular weight excluding hydrogens is 188 g/mol. The second kappa shape index (κ2) is 6.13. The van der Waals surface area contributed by atoms with E-state index in [0.29, 0.717) is 25.7 Å². The molecule has 0 aliphatic rings. The van der Waals surface area contributed by atoms with Gasteiger partial charge in [0.05, 0.1) is 5.75 Å². The molecule has 0 spiro atoms. The first kappa shape index (κ1) is 12.6. The molecule has 78 valence electrons. The second-order valence-electron chi connectivity index (χ2n) is 3.31. The van der Waals surface area contributed by atoms with E-state index in [1.54, 1.807) is 0 Å². The first-order valence-corrected chi connectivity index (χ1v) is 6.50. The van der Waals surface area contributed by atoms with Gasteiger partial charge in [-0.1, -0.05) is 6.92 Å². The van der Waals surface area contributed by atoms with Gasteiger partial charge in [-0.15, -0.1) is 0 Å². The number of hydrogen-bond acceptors (Lipinski definition) is 3. The van der Waals surface area contributed by atoms with Crippen LogP contribution in [0.2, 0.25) is 0 Å². The van der Waals surface area contributed by atoms with E-state index in [-0.39, 0.29) is 17.3 Å². The average Bonchev–Trinajstić information content (AvgIpc) is 1.98. The van der Waals surface area contributed by atoms with Crippen molar-refractivity contribution in [3.63, 3.8) is 0 Å². The van der Waals surface area contributed by atoms with Crippen LogP contribution in [0.3, 0.4) is 0 Å². The molecule has 13 heavy (non-hydrogen) atoms. The molecule has 0 unspecified atom stereocenters. The van der Waals surface area contributed by atoms with Crippen LogP contribution in [0.4, 0.5) is 0 Å². The van der Waals surface area contributed by atoms with Crippen molar-refractivity contribution < 1.29 is 13.2 Å². The summed E-state index contributed by atoms with van der Waals surface area (Å²) in [7, 11) is -2.84. The molecule has 0 aromatic heterocycles. The van der Waals surface area contributed by atoms with Gasteiger partial charge in [0.1, 0.15) is 15.6 Å². The summed E-state index contributed by atoms with van der Waals surface area (Å²) in [4.78, 5) is 10.5. The fraction of sp³-hybridized carbons (Fsp3) is 0.889. The maximum Gasteiger partial charge on any atom is 0.150 e. The Morgan fingerprint density at radius 3 is 2.23 bits per heavy atom. The monoisotopic (exact) mass is 206 g/mol. The molecule has 0 radical (unpaired) electrons. The lowest BCUT2D eigenvalue weighted by molar-refractivity contribution is -0.117. The van der Waals surface area contributed by atoms with Crippen LogP contribution in [-0.4, -0.2) is 25.7 Å². The molecule has 0 heterocycles. The smallest absolute Gasteiger partial charge is 0.150 e. The second-order valence-corrected chi connectivity index (χ2v) is 5.61. The maximum atomic E-state index is 11.2. The molecule has 0 saturated carbocycles. The third kappa shape index (κ3) is 7.96. The van der Waals surface area contributed by atoms with Gasteiger partial charge in [-0.3, -0.25) is 0 Å². The lowest BCUT2D eigenvalue weighted by Crippen LogP contribution is -2.10. The van der Waals surface area contributed by atoms with Crippen molar-refractivity contribution in [1.82, 2.24) is 0 Å². The number of sulfone groups is 1. The van der Waals surface area contributed by atoms with Crippen molar-refractivity contribution in [1.29, 1.82) is 0 Å². The molecule has 0 amide bonds. The standard InChI is InChI=1S/C9H18O3S/c1-3-7-13(11,12)8-5-4-6-9(2)10/h3-8H2,1-2H3. The van der Waals surface area contributed by atoms with Gasteiger partial charge in [-0.25, -0.2) is 8.42 Å². The highest BCUT2D eigenvalue weighted by Crippen LogP contribution is 2.02. The molecule has 0 aliphatic carbocycles. The van der Waals surface area contributed by atoms with Crippen molar-refractivity contribution in [3.8, 4) is 0 Å². The van der Waals surface area contributed by atoms with Crippen LogP contribution in [0.1, 0.15) is 39.5 Å². The van der Waals surface area contributed by atoms with E-state index in [9.17, 15) is 13.2 Å². The number of ketones is 1. The fourth-order valence-electron chi connectivity index (χ4n) is 1.11. The highest BCUT2D eigenvalue weighted by Gasteiger charge is 2.08. The molecule has 0 saturated heterocycles. The van der Waals surface area contributed by atoms with Crippen molar-refractivity contribution >= 4 is 15.6 Å². The summed E-state index contributed by atoms with van der Waals surface area (Å²) in [6, 6.07) is 0. The third-order valence-electron chi connectivity index (χ3n) is 1.75. The van der Waals surface area contributed by atoms with Crippen LogP contribution < -0.4 is 0 Å². The van der Waals surface area contributed by atoms with Crippen molar-refractivity contribution in [2.24, 2.45) is 0 Å². The van der Waals surface area contributed by atoms with Crippen molar-refractivity contribution in [3.05, 3.63) is 0 Å². The Hall–Kier alpha value is -0.380. The summed E-state index contributed by atoms with van der Waals surface area (Å²) in [6.45, 7) is 3.38. The van der Waals surface area contributed by atoms with E-state index in [1.165, 1.54) is 6.92 Å². The summed E-state index contributed by atoms with van der Waals surface area (Å²) in [6.07, 6.45) is 2.48. The quantitative estimate of drug-likeness (QED) is 0.594. The van der Waals surface area contributed by atoms with Gasteiger partial charge in [-0.2, -0.15) is 0 Å². The molecule has 3 nitrogen and oxygen atoms in total. The predicted octanol–water partition coefficient (Wildman–Crippen LogP) is 1.57. The molecule has 4 heteroatoms. The van der Waals surface area contributed by atoms with Gasteiger partial charge in [0.15, 0.2) is 0 Å². The minimum Gasteiger partial charge on any atom is -0.300 e. The van der Waals surface area contributed by atoms with Gasteiger partial charge in [0, 0.05) is 12.2 Å². The molecule has 0 fully saturated rings. The van der Waals surface area contributed by atoms with E-state index >= 15 is 0 Å². The third-order valence-corrected chi connectivity index (χ3v) is 3.69. The minimum atomic E-state index is -2.84. The normalized spacial score (nSPS) is 11.5. The van der Waals surface area contributed by atoms with E-state index in [2.05, 4.69) is 0 Å². The summed E-state index contributed by atoms with van der Waals surface area (Å²) in [5, 5.41) is 0. The van der Waals surface area contributed by atoms with Crippen molar-refractivity contribution in [2.45, 2.75) is 39.5 Å². The summed E-state index contributed by atoms with van der Waals surface area (Å²) in [5.74, 6) is 0.633. The number of hydrogen-bond donors (Lipinski definition) is 0. The van der Waals surface area contributed by atoms with Crippen LogP contribution in [0.25, 0.3) is 0 Å².